The zero-order valence-corrected chi connectivity index (χ0v) is 20.5. The van der Waals surface area contributed by atoms with E-state index in [4.69, 9.17) is 14.6 Å². The first-order valence-electron chi connectivity index (χ1n) is 11.9. The number of hydrogen-bond acceptors (Lipinski definition) is 7. The van der Waals surface area contributed by atoms with Crippen LogP contribution in [0.25, 0.3) is 22.2 Å². The van der Waals surface area contributed by atoms with Gasteiger partial charge < -0.3 is 14.8 Å². The molecule has 1 aromatic carbocycles. The Balaban J connectivity index is 1.37. The number of anilines is 1. The zero-order valence-electron chi connectivity index (χ0n) is 20.5. The number of benzene rings is 1. The zero-order chi connectivity index (χ0) is 24.5. The molecule has 0 bridgehead atoms. The van der Waals surface area contributed by atoms with Crippen LogP contribution < -0.4 is 10.1 Å². The third-order valence-corrected chi connectivity index (χ3v) is 6.80. The summed E-state index contributed by atoms with van der Waals surface area (Å²) in [6, 6.07) is 7.84. The molecule has 0 unspecified atom stereocenters. The fourth-order valence-corrected chi connectivity index (χ4v) is 4.86. The second-order valence-corrected chi connectivity index (χ2v) is 9.00. The van der Waals surface area contributed by atoms with E-state index in [9.17, 15) is 4.79 Å². The molecular formula is C26H30N6O3. The molecule has 0 spiro atoms. The molecule has 1 aliphatic rings. The summed E-state index contributed by atoms with van der Waals surface area (Å²) in [6.07, 6.45) is 9.49. The van der Waals surface area contributed by atoms with Crippen molar-refractivity contribution in [2.75, 3.05) is 19.5 Å². The predicted molar refractivity (Wildman–Crippen MR) is 134 cm³/mol. The Morgan fingerprint density at radius 1 is 1.17 bits per heavy atom. The number of pyridine rings is 1. The van der Waals surface area contributed by atoms with Gasteiger partial charge in [-0.1, -0.05) is 6.07 Å². The van der Waals surface area contributed by atoms with Gasteiger partial charge in [-0.05, 0) is 44.7 Å². The Labute approximate surface area is 204 Å². The molecule has 0 amide bonds. The molecule has 3 heterocycles. The number of nitrogens with one attached hydrogen (secondary N) is 1. The average Bonchev–Trinajstić information content (AvgIpc) is 3.48. The second-order valence-electron chi connectivity index (χ2n) is 9.00. The summed E-state index contributed by atoms with van der Waals surface area (Å²) in [5.41, 5.74) is 4.30. The molecular weight excluding hydrogens is 444 g/mol. The quantitative estimate of drug-likeness (QED) is 0.410. The Hall–Kier alpha value is -3.88. The van der Waals surface area contributed by atoms with E-state index in [0.29, 0.717) is 5.56 Å². The number of carbonyl (C=O) groups is 1. The molecule has 5 rings (SSSR count). The van der Waals surface area contributed by atoms with Crippen molar-refractivity contribution in [3.63, 3.8) is 0 Å². The largest absolute Gasteiger partial charge is 0.490 e. The number of esters is 1. The van der Waals surface area contributed by atoms with E-state index in [1.807, 2.05) is 51.7 Å². The lowest BCUT2D eigenvalue weighted by atomic mass is 9.92. The highest BCUT2D eigenvalue weighted by atomic mass is 16.5. The molecule has 0 saturated heterocycles. The number of hydrogen-bond donors (Lipinski definition) is 1. The summed E-state index contributed by atoms with van der Waals surface area (Å²) >= 11 is 0. The van der Waals surface area contributed by atoms with Crippen LogP contribution in [0, 0.1) is 6.92 Å². The molecule has 3 aromatic heterocycles. The average molecular weight is 475 g/mol. The van der Waals surface area contributed by atoms with Crippen molar-refractivity contribution in [3.8, 4) is 17.0 Å². The van der Waals surface area contributed by atoms with Gasteiger partial charge in [-0.3, -0.25) is 9.36 Å². The highest BCUT2D eigenvalue weighted by molar-refractivity contribution is 5.94. The molecule has 9 heteroatoms. The van der Waals surface area contributed by atoms with Gasteiger partial charge >= 0.3 is 5.97 Å². The van der Waals surface area contributed by atoms with Crippen LogP contribution in [0.15, 0.2) is 42.9 Å². The minimum atomic E-state index is -0.345. The van der Waals surface area contributed by atoms with Crippen LogP contribution in [0.5, 0.6) is 5.75 Å². The van der Waals surface area contributed by atoms with Gasteiger partial charge in [-0.25, -0.2) is 9.78 Å². The second kappa shape index (κ2) is 9.40. The first-order valence-corrected chi connectivity index (χ1v) is 11.9. The highest BCUT2D eigenvalue weighted by Gasteiger charge is 2.27. The molecule has 182 valence electrons. The van der Waals surface area contributed by atoms with Gasteiger partial charge in [-0.15, -0.1) is 0 Å². The van der Waals surface area contributed by atoms with Crippen molar-refractivity contribution in [3.05, 3.63) is 54.0 Å². The lowest BCUT2D eigenvalue weighted by molar-refractivity contribution is 0.0598. The van der Waals surface area contributed by atoms with E-state index in [1.54, 1.807) is 10.7 Å². The highest BCUT2D eigenvalue weighted by Crippen LogP contribution is 2.37. The summed E-state index contributed by atoms with van der Waals surface area (Å²) in [6.45, 7) is 1.90. The van der Waals surface area contributed by atoms with Gasteiger partial charge in [0.25, 0.3) is 0 Å². The van der Waals surface area contributed by atoms with Gasteiger partial charge in [0, 0.05) is 49.1 Å². The number of ether oxygens (including phenoxy) is 2. The SMILES string of the molecule is CNc1cc2c(cn1)c(-c1cnn(C)c1)nn2[C@H]1CC[C@@H](Oc2cccc(C(=O)OC)c2C)CC1. The van der Waals surface area contributed by atoms with Crippen molar-refractivity contribution < 1.29 is 14.3 Å². The fourth-order valence-electron chi connectivity index (χ4n) is 4.86. The molecule has 35 heavy (non-hydrogen) atoms. The first-order chi connectivity index (χ1) is 17.0. The van der Waals surface area contributed by atoms with E-state index in [-0.39, 0.29) is 18.1 Å². The maximum absolute atomic E-state index is 12.0. The Morgan fingerprint density at radius 2 is 1.97 bits per heavy atom. The van der Waals surface area contributed by atoms with E-state index >= 15 is 0 Å². The Kier molecular flexibility index (Phi) is 6.15. The topological polar surface area (TPSA) is 96.1 Å². The number of aryl methyl sites for hydroxylation is 1. The van der Waals surface area contributed by atoms with Crippen LogP contribution in [-0.4, -0.2) is 50.8 Å². The summed E-state index contributed by atoms with van der Waals surface area (Å²) < 4.78 is 15.2. The van der Waals surface area contributed by atoms with E-state index < -0.39 is 0 Å². The number of methoxy groups -OCH3 is 1. The molecule has 0 atom stereocenters. The van der Waals surface area contributed by atoms with E-state index in [0.717, 1.165) is 65.0 Å². The molecule has 4 aromatic rings. The number of carbonyl (C=O) groups excluding carboxylic acids is 1. The predicted octanol–water partition coefficient (Wildman–Crippen LogP) is 4.53. The van der Waals surface area contributed by atoms with Crippen molar-refractivity contribution in [2.24, 2.45) is 7.05 Å². The smallest absolute Gasteiger partial charge is 0.338 e. The minimum absolute atomic E-state index is 0.0898. The van der Waals surface area contributed by atoms with Crippen LogP contribution in [0.4, 0.5) is 5.82 Å². The third-order valence-electron chi connectivity index (χ3n) is 6.80. The molecule has 9 nitrogen and oxygen atoms in total. The third kappa shape index (κ3) is 4.34. The number of fused-ring (bicyclic) bond motifs is 1. The normalized spacial score (nSPS) is 17.9. The van der Waals surface area contributed by atoms with Gasteiger partial charge in [0.2, 0.25) is 0 Å². The van der Waals surface area contributed by atoms with Gasteiger partial charge in [0.1, 0.15) is 17.3 Å². The van der Waals surface area contributed by atoms with Crippen LogP contribution in [0.3, 0.4) is 0 Å². The Morgan fingerprint density at radius 3 is 2.66 bits per heavy atom. The minimum Gasteiger partial charge on any atom is -0.490 e. The number of rotatable bonds is 6. The first kappa shape index (κ1) is 22.9. The van der Waals surface area contributed by atoms with Crippen molar-refractivity contribution in [1.82, 2.24) is 24.5 Å². The summed E-state index contributed by atoms with van der Waals surface area (Å²) in [5, 5.41) is 13.5. The fraction of sp³-hybridized carbons (Fsp3) is 0.385. The van der Waals surface area contributed by atoms with Crippen LogP contribution in [-0.2, 0) is 11.8 Å². The van der Waals surface area contributed by atoms with Gasteiger partial charge in [0.05, 0.1) is 36.5 Å². The summed E-state index contributed by atoms with van der Waals surface area (Å²) in [4.78, 5) is 16.6. The molecule has 0 radical (unpaired) electrons. The monoisotopic (exact) mass is 474 g/mol. The van der Waals surface area contributed by atoms with Crippen molar-refractivity contribution in [2.45, 2.75) is 44.8 Å². The summed E-state index contributed by atoms with van der Waals surface area (Å²) in [5.74, 6) is 1.21. The number of aromatic nitrogens is 5. The lowest BCUT2D eigenvalue weighted by Gasteiger charge is -2.30. The van der Waals surface area contributed by atoms with Gasteiger partial charge in [0.15, 0.2) is 0 Å². The lowest BCUT2D eigenvalue weighted by Crippen LogP contribution is -2.26. The van der Waals surface area contributed by atoms with E-state index in [1.165, 1.54) is 7.11 Å². The number of nitrogens with zero attached hydrogens (tertiary/aromatic N) is 5. The Bertz CT molecular complexity index is 1370. The molecule has 1 fully saturated rings. The summed E-state index contributed by atoms with van der Waals surface area (Å²) in [7, 11) is 5.17. The molecule has 1 saturated carbocycles. The van der Waals surface area contributed by atoms with Crippen LogP contribution in [0.2, 0.25) is 0 Å². The van der Waals surface area contributed by atoms with Crippen molar-refractivity contribution in [1.29, 1.82) is 0 Å². The van der Waals surface area contributed by atoms with Crippen LogP contribution >= 0.6 is 0 Å². The molecule has 1 aliphatic carbocycles. The van der Waals surface area contributed by atoms with Crippen molar-refractivity contribution >= 4 is 22.7 Å². The van der Waals surface area contributed by atoms with Gasteiger partial charge in [-0.2, -0.15) is 10.2 Å². The van der Waals surface area contributed by atoms with Crippen LogP contribution in [0.1, 0.15) is 47.6 Å². The molecule has 0 aliphatic heterocycles. The van der Waals surface area contributed by atoms with E-state index in [2.05, 4.69) is 26.1 Å². The molecule has 1 N–H and O–H groups in total. The maximum atomic E-state index is 12.0. The maximum Gasteiger partial charge on any atom is 0.338 e. The standard InChI is InChI=1S/C26H30N6O3/c1-16-20(26(33)34-4)6-5-7-23(16)35-19-10-8-18(9-11-19)32-22-12-24(27-2)28-14-21(22)25(30-32)17-13-29-31(3)15-17/h5-7,12-15,18-19H,8-11H2,1-4H3,(H,27,28)/t18-,19+.